The minimum absolute atomic E-state index is 0.319. The third-order valence-electron chi connectivity index (χ3n) is 4.79. The number of amides is 1. The van der Waals surface area contributed by atoms with E-state index in [1.807, 2.05) is 31.2 Å². The molecule has 3 aromatic rings. The molecule has 1 amide bonds. The Bertz CT molecular complexity index is 1110. The van der Waals surface area contributed by atoms with Crippen molar-refractivity contribution in [3.63, 3.8) is 0 Å². The Morgan fingerprint density at radius 2 is 1.97 bits per heavy atom. The number of halogens is 2. The summed E-state index contributed by atoms with van der Waals surface area (Å²) in [6.07, 6.45) is 2.59. The third-order valence-corrected chi connectivity index (χ3v) is 6.86. The monoisotopic (exact) mass is 459 g/mol. The van der Waals surface area contributed by atoms with Gasteiger partial charge in [0, 0.05) is 29.0 Å². The summed E-state index contributed by atoms with van der Waals surface area (Å²) in [6, 6.07) is 14.3. The molecule has 30 heavy (non-hydrogen) atoms. The van der Waals surface area contributed by atoms with Crippen LogP contribution in [0.2, 0.25) is 10.0 Å². The van der Waals surface area contributed by atoms with Crippen LogP contribution in [0.15, 0.2) is 54.7 Å². The predicted octanol–water partition coefficient (Wildman–Crippen LogP) is 5.49. The summed E-state index contributed by atoms with van der Waals surface area (Å²) in [4.78, 5) is 17.2. The van der Waals surface area contributed by atoms with Crippen molar-refractivity contribution >= 4 is 51.8 Å². The Labute approximate surface area is 188 Å². The highest BCUT2D eigenvalue weighted by Gasteiger charge is 2.28. The number of aromatic nitrogens is 1. The average molecular weight is 460 g/mol. The second-order valence-corrected chi connectivity index (χ2v) is 9.35. The van der Waals surface area contributed by atoms with Crippen LogP contribution in [0.3, 0.4) is 0 Å². The smallest absolute Gasteiger partial charge is 0.257 e. The standard InChI is InChI=1S/C22H19Cl2N3O2S/c1-14-9-15(5-6-25-14)16-10-17(23)12-18(11-16)26-22(28)20-13-19(3-4-21(20)24)27-7-2-8-30(27)29/h3-6,9-13H,2,7-8H2,1H3,(H,26,28). The first-order valence-corrected chi connectivity index (χ1v) is 11.4. The van der Waals surface area contributed by atoms with Gasteiger partial charge in [-0.2, -0.15) is 4.31 Å². The van der Waals surface area contributed by atoms with Gasteiger partial charge < -0.3 is 9.87 Å². The lowest BCUT2D eigenvalue weighted by Gasteiger charge is -2.19. The van der Waals surface area contributed by atoms with Crippen molar-refractivity contribution in [2.45, 2.75) is 13.3 Å². The number of nitrogens with one attached hydrogen (secondary N) is 1. The van der Waals surface area contributed by atoms with Gasteiger partial charge >= 0.3 is 0 Å². The molecule has 0 aliphatic carbocycles. The Hall–Kier alpha value is -2.25. The van der Waals surface area contributed by atoms with Crippen LogP contribution in [-0.2, 0) is 11.4 Å². The van der Waals surface area contributed by atoms with Crippen LogP contribution >= 0.6 is 23.2 Å². The molecule has 1 aliphatic heterocycles. The maximum Gasteiger partial charge on any atom is 0.257 e. The van der Waals surface area contributed by atoms with Gasteiger partial charge in [-0.1, -0.05) is 23.2 Å². The molecule has 1 N–H and O–H groups in total. The van der Waals surface area contributed by atoms with E-state index in [-0.39, 0.29) is 5.91 Å². The van der Waals surface area contributed by atoms with Crippen LogP contribution in [0.5, 0.6) is 0 Å². The molecule has 0 spiro atoms. The molecule has 1 atom stereocenters. The number of carbonyl (C=O) groups excluding carboxylic acids is 1. The summed E-state index contributed by atoms with van der Waals surface area (Å²) in [6.45, 7) is 2.61. The van der Waals surface area contributed by atoms with E-state index < -0.39 is 11.4 Å². The second-order valence-electron chi connectivity index (χ2n) is 7.01. The van der Waals surface area contributed by atoms with Gasteiger partial charge in [0.25, 0.3) is 5.91 Å². The highest BCUT2D eigenvalue weighted by molar-refractivity contribution is 7.93. The van der Waals surface area contributed by atoms with Crippen LogP contribution in [0.4, 0.5) is 11.4 Å². The number of aryl methyl sites for hydroxylation is 1. The van der Waals surface area contributed by atoms with E-state index >= 15 is 0 Å². The fourth-order valence-corrected chi connectivity index (χ4v) is 5.10. The summed E-state index contributed by atoms with van der Waals surface area (Å²) in [5.41, 5.74) is 4.32. The molecule has 0 radical (unpaired) electrons. The molecule has 0 bridgehead atoms. The molecular weight excluding hydrogens is 441 g/mol. The summed E-state index contributed by atoms with van der Waals surface area (Å²) >= 11 is 11.5. The molecule has 4 rings (SSSR count). The van der Waals surface area contributed by atoms with E-state index in [2.05, 4.69) is 10.3 Å². The zero-order chi connectivity index (χ0) is 21.3. The molecule has 1 saturated heterocycles. The van der Waals surface area contributed by atoms with E-state index in [9.17, 15) is 9.35 Å². The largest absolute Gasteiger partial charge is 0.593 e. The van der Waals surface area contributed by atoms with Crippen molar-refractivity contribution in [2.75, 3.05) is 21.9 Å². The van der Waals surface area contributed by atoms with E-state index in [1.165, 1.54) is 0 Å². The van der Waals surface area contributed by atoms with Gasteiger partial charge in [0.15, 0.2) is 0 Å². The number of pyridine rings is 1. The number of hydrogen-bond acceptors (Lipinski definition) is 4. The summed E-state index contributed by atoms with van der Waals surface area (Å²) in [5, 5.41) is 3.71. The van der Waals surface area contributed by atoms with Crippen molar-refractivity contribution in [3.8, 4) is 11.1 Å². The maximum absolute atomic E-state index is 13.0. The second kappa shape index (κ2) is 8.86. The lowest BCUT2D eigenvalue weighted by molar-refractivity contribution is 0.102. The first kappa shape index (κ1) is 21.0. The van der Waals surface area contributed by atoms with Gasteiger partial charge in [-0.15, -0.1) is 0 Å². The minimum atomic E-state index is -1.07. The normalized spacial score (nSPS) is 16.0. The third kappa shape index (κ3) is 4.57. The lowest BCUT2D eigenvalue weighted by atomic mass is 10.1. The molecule has 1 aliphatic rings. The average Bonchev–Trinajstić information content (AvgIpc) is 3.14. The van der Waals surface area contributed by atoms with Crippen molar-refractivity contribution in [2.24, 2.45) is 0 Å². The molecule has 5 nitrogen and oxygen atoms in total. The first-order valence-electron chi connectivity index (χ1n) is 9.41. The van der Waals surface area contributed by atoms with Gasteiger partial charge in [0.1, 0.15) is 5.75 Å². The minimum Gasteiger partial charge on any atom is -0.593 e. The van der Waals surface area contributed by atoms with Gasteiger partial charge in [-0.3, -0.25) is 9.78 Å². The SMILES string of the molecule is Cc1cc(-c2cc(Cl)cc(NC(=O)c3cc(N4CCC[S+]4[O-])ccc3Cl)c2)ccn1. The van der Waals surface area contributed by atoms with Crippen molar-refractivity contribution in [1.29, 1.82) is 0 Å². The first-order chi connectivity index (χ1) is 14.4. The van der Waals surface area contributed by atoms with Crippen LogP contribution < -0.4 is 9.62 Å². The molecular formula is C22H19Cl2N3O2S. The van der Waals surface area contributed by atoms with Gasteiger partial charge in [-0.05, 0) is 66.6 Å². The number of rotatable bonds is 4. The van der Waals surface area contributed by atoms with Crippen molar-refractivity contribution < 1.29 is 9.35 Å². The lowest BCUT2D eigenvalue weighted by Crippen LogP contribution is -2.25. The summed E-state index contributed by atoms with van der Waals surface area (Å²) in [5.74, 6) is 0.273. The van der Waals surface area contributed by atoms with Crippen molar-refractivity contribution in [1.82, 2.24) is 4.98 Å². The molecule has 154 valence electrons. The van der Waals surface area contributed by atoms with Gasteiger partial charge in [-0.25, -0.2) is 0 Å². The summed E-state index contributed by atoms with van der Waals surface area (Å²) < 4.78 is 13.9. The van der Waals surface area contributed by atoms with Gasteiger partial charge in [0.2, 0.25) is 0 Å². The number of carbonyl (C=O) groups is 1. The summed E-state index contributed by atoms with van der Waals surface area (Å²) in [7, 11) is 0. The quantitative estimate of drug-likeness (QED) is 0.523. The molecule has 2 aromatic carbocycles. The number of nitrogens with zero attached hydrogens (tertiary/aromatic N) is 2. The highest BCUT2D eigenvalue weighted by Crippen LogP contribution is 2.31. The van der Waals surface area contributed by atoms with E-state index in [4.69, 9.17) is 23.2 Å². The molecule has 1 fully saturated rings. The van der Waals surface area contributed by atoms with E-state index in [0.29, 0.717) is 33.6 Å². The highest BCUT2D eigenvalue weighted by atomic mass is 35.5. The predicted molar refractivity (Wildman–Crippen MR) is 124 cm³/mol. The zero-order valence-corrected chi connectivity index (χ0v) is 18.5. The molecule has 1 unspecified atom stereocenters. The topological polar surface area (TPSA) is 68.3 Å². The molecule has 1 aromatic heterocycles. The Balaban J connectivity index is 1.61. The van der Waals surface area contributed by atoms with Gasteiger partial charge in [0.05, 0.1) is 34.2 Å². The fraction of sp³-hybridized carbons (Fsp3) is 0.182. The van der Waals surface area contributed by atoms with Crippen molar-refractivity contribution in [3.05, 3.63) is 76.0 Å². The fourth-order valence-electron chi connectivity index (χ4n) is 3.38. The maximum atomic E-state index is 13.0. The zero-order valence-electron chi connectivity index (χ0n) is 16.2. The van der Waals surface area contributed by atoms with Crippen LogP contribution in [-0.4, -0.2) is 27.7 Å². The van der Waals surface area contributed by atoms with Crippen LogP contribution in [0.1, 0.15) is 22.5 Å². The van der Waals surface area contributed by atoms with E-state index in [0.717, 1.165) is 28.9 Å². The Morgan fingerprint density at radius 1 is 1.13 bits per heavy atom. The Kier molecular flexibility index (Phi) is 6.20. The molecule has 0 saturated carbocycles. The van der Waals surface area contributed by atoms with Crippen LogP contribution in [0, 0.1) is 6.92 Å². The molecule has 2 heterocycles. The Morgan fingerprint density at radius 3 is 2.70 bits per heavy atom. The van der Waals surface area contributed by atoms with Crippen LogP contribution in [0.25, 0.3) is 11.1 Å². The number of anilines is 2. The number of benzene rings is 2. The van der Waals surface area contributed by atoms with E-state index in [1.54, 1.807) is 34.8 Å². The number of hydrogen-bond donors (Lipinski definition) is 1. The molecule has 8 heteroatoms.